The van der Waals surface area contributed by atoms with E-state index >= 15 is 0 Å². The quantitative estimate of drug-likeness (QED) is 0.787. The Morgan fingerprint density at radius 2 is 2.12 bits per heavy atom. The maximum Gasteiger partial charge on any atom is 0.269 e. The highest BCUT2D eigenvalue weighted by Crippen LogP contribution is 2.23. The third-order valence-electron chi connectivity index (χ3n) is 4.24. The molecule has 24 heavy (non-hydrogen) atoms. The zero-order valence-corrected chi connectivity index (χ0v) is 13.5. The van der Waals surface area contributed by atoms with Crippen LogP contribution in [0.4, 0.5) is 5.69 Å². The van der Waals surface area contributed by atoms with Crippen LogP contribution in [0.15, 0.2) is 36.5 Å². The van der Waals surface area contributed by atoms with E-state index in [1.165, 1.54) is 0 Å². The van der Waals surface area contributed by atoms with Crippen LogP contribution >= 0.6 is 0 Å². The van der Waals surface area contributed by atoms with Gasteiger partial charge in [-0.15, -0.1) is 0 Å². The monoisotopic (exact) mass is 327 g/mol. The zero-order chi connectivity index (χ0) is 17.1. The molecule has 1 saturated heterocycles. The van der Waals surface area contributed by atoms with Gasteiger partial charge in [-0.05, 0) is 44.5 Å². The van der Waals surface area contributed by atoms with Gasteiger partial charge >= 0.3 is 0 Å². The number of aromatic nitrogens is 2. The van der Waals surface area contributed by atoms with Crippen LogP contribution in [-0.4, -0.2) is 34.2 Å². The third-order valence-corrected chi connectivity index (χ3v) is 4.24. The van der Waals surface area contributed by atoms with Gasteiger partial charge in [0, 0.05) is 18.2 Å². The summed E-state index contributed by atoms with van der Waals surface area (Å²) < 4.78 is 1.54. The Balaban J connectivity index is 1.81. The number of hydrogen-bond donors (Lipinski definition) is 3. The molecule has 1 fully saturated rings. The number of primary amides is 1. The van der Waals surface area contributed by atoms with Gasteiger partial charge in [0.1, 0.15) is 5.69 Å². The van der Waals surface area contributed by atoms with E-state index in [-0.39, 0.29) is 17.5 Å². The molecule has 2 heterocycles. The SMILES string of the molecule is C[C@H]1C[C@@H](C(=O)Nc2ccccc2-n2ccc(C(N)=O)n2)CCN1. The van der Waals surface area contributed by atoms with Gasteiger partial charge < -0.3 is 16.4 Å². The maximum atomic E-state index is 12.6. The Labute approximate surface area is 140 Å². The molecule has 7 nitrogen and oxygen atoms in total. The van der Waals surface area contributed by atoms with Crippen LogP contribution in [0.1, 0.15) is 30.3 Å². The first-order valence-electron chi connectivity index (χ1n) is 8.03. The Hall–Kier alpha value is -2.67. The first kappa shape index (κ1) is 16.2. The van der Waals surface area contributed by atoms with Gasteiger partial charge in [0.2, 0.25) is 5.91 Å². The minimum Gasteiger partial charge on any atom is -0.364 e. The molecule has 0 radical (unpaired) electrons. The average molecular weight is 327 g/mol. The molecular formula is C17H21N5O2. The molecule has 1 aromatic heterocycles. The molecule has 2 atom stereocenters. The van der Waals surface area contributed by atoms with Crippen molar-refractivity contribution in [3.8, 4) is 5.69 Å². The number of nitrogens with two attached hydrogens (primary N) is 1. The van der Waals surface area contributed by atoms with Crippen molar-refractivity contribution in [3.63, 3.8) is 0 Å². The number of nitrogens with one attached hydrogen (secondary N) is 2. The summed E-state index contributed by atoms with van der Waals surface area (Å²) in [6.45, 7) is 2.94. The minimum absolute atomic E-state index is 0.00638. The van der Waals surface area contributed by atoms with E-state index in [2.05, 4.69) is 22.7 Å². The summed E-state index contributed by atoms with van der Waals surface area (Å²) in [4.78, 5) is 23.8. The lowest BCUT2D eigenvalue weighted by Crippen LogP contribution is -2.40. The van der Waals surface area contributed by atoms with Crippen molar-refractivity contribution in [2.75, 3.05) is 11.9 Å². The topological polar surface area (TPSA) is 102 Å². The summed E-state index contributed by atoms with van der Waals surface area (Å²) >= 11 is 0. The van der Waals surface area contributed by atoms with E-state index in [0.717, 1.165) is 19.4 Å². The minimum atomic E-state index is -0.584. The molecule has 126 valence electrons. The lowest BCUT2D eigenvalue weighted by atomic mass is 9.92. The van der Waals surface area contributed by atoms with Crippen LogP contribution in [-0.2, 0) is 4.79 Å². The molecule has 2 aromatic rings. The molecule has 1 aromatic carbocycles. The number of benzene rings is 1. The van der Waals surface area contributed by atoms with Crippen molar-refractivity contribution >= 4 is 17.5 Å². The molecule has 0 aliphatic carbocycles. The summed E-state index contributed by atoms with van der Waals surface area (Å²) in [7, 11) is 0. The molecular weight excluding hydrogens is 306 g/mol. The van der Waals surface area contributed by atoms with Crippen molar-refractivity contribution in [2.45, 2.75) is 25.8 Å². The van der Waals surface area contributed by atoms with Gasteiger partial charge in [-0.2, -0.15) is 5.10 Å². The predicted octanol–water partition coefficient (Wildman–Crippen LogP) is 1.30. The van der Waals surface area contributed by atoms with Crippen LogP contribution < -0.4 is 16.4 Å². The van der Waals surface area contributed by atoms with Gasteiger partial charge in [0.05, 0.1) is 11.4 Å². The lowest BCUT2D eigenvalue weighted by molar-refractivity contribution is -0.120. The fraction of sp³-hybridized carbons (Fsp3) is 0.353. The van der Waals surface area contributed by atoms with Crippen molar-refractivity contribution in [2.24, 2.45) is 11.7 Å². The highest BCUT2D eigenvalue weighted by Gasteiger charge is 2.25. The Morgan fingerprint density at radius 1 is 1.33 bits per heavy atom. The second kappa shape index (κ2) is 6.84. The van der Waals surface area contributed by atoms with Crippen LogP contribution in [0.2, 0.25) is 0 Å². The van der Waals surface area contributed by atoms with Gasteiger partial charge in [-0.25, -0.2) is 4.68 Å². The van der Waals surface area contributed by atoms with Crippen LogP contribution in [0.25, 0.3) is 5.69 Å². The highest BCUT2D eigenvalue weighted by molar-refractivity contribution is 5.94. The zero-order valence-electron chi connectivity index (χ0n) is 13.5. The van der Waals surface area contributed by atoms with Crippen LogP contribution in [0.5, 0.6) is 0 Å². The molecule has 1 aliphatic rings. The Kier molecular flexibility index (Phi) is 4.61. The van der Waals surface area contributed by atoms with Crippen molar-refractivity contribution in [3.05, 3.63) is 42.2 Å². The molecule has 7 heteroatoms. The standard InChI is InChI=1S/C17H21N5O2/c1-11-10-12(6-8-19-11)17(24)20-13-4-2-3-5-15(13)22-9-7-14(21-22)16(18)23/h2-5,7,9,11-12,19H,6,8,10H2,1H3,(H2,18,23)(H,20,24)/t11-,12-/m0/s1. The number of hydrogen-bond acceptors (Lipinski definition) is 4. The first-order valence-corrected chi connectivity index (χ1v) is 8.03. The number of carbonyl (C=O) groups is 2. The van der Waals surface area contributed by atoms with E-state index in [1.54, 1.807) is 16.9 Å². The lowest BCUT2D eigenvalue weighted by Gasteiger charge is -2.27. The maximum absolute atomic E-state index is 12.6. The van der Waals surface area contributed by atoms with Gasteiger partial charge in [0.15, 0.2) is 0 Å². The largest absolute Gasteiger partial charge is 0.364 e. The number of nitrogens with zero attached hydrogens (tertiary/aromatic N) is 2. The van der Waals surface area contributed by atoms with E-state index in [0.29, 0.717) is 17.4 Å². The average Bonchev–Trinajstić information content (AvgIpc) is 3.05. The van der Waals surface area contributed by atoms with E-state index in [9.17, 15) is 9.59 Å². The van der Waals surface area contributed by atoms with E-state index < -0.39 is 5.91 Å². The number of amides is 2. The molecule has 0 unspecified atom stereocenters. The van der Waals surface area contributed by atoms with Gasteiger partial charge in [0.25, 0.3) is 5.91 Å². The summed E-state index contributed by atoms with van der Waals surface area (Å²) in [5.41, 5.74) is 6.78. The molecule has 0 bridgehead atoms. The molecule has 1 aliphatic heterocycles. The van der Waals surface area contributed by atoms with Crippen LogP contribution in [0, 0.1) is 5.92 Å². The van der Waals surface area contributed by atoms with E-state index in [1.807, 2.05) is 24.3 Å². The van der Waals surface area contributed by atoms with Gasteiger partial charge in [-0.1, -0.05) is 12.1 Å². The summed E-state index contributed by atoms with van der Waals surface area (Å²) in [6.07, 6.45) is 3.30. The third kappa shape index (κ3) is 3.46. The smallest absolute Gasteiger partial charge is 0.269 e. The fourth-order valence-corrected chi connectivity index (χ4v) is 2.97. The van der Waals surface area contributed by atoms with Crippen molar-refractivity contribution in [1.29, 1.82) is 0 Å². The number of rotatable bonds is 4. The predicted molar refractivity (Wildman–Crippen MR) is 90.9 cm³/mol. The number of para-hydroxylation sites is 2. The molecule has 0 saturated carbocycles. The Bertz CT molecular complexity index is 755. The molecule has 0 spiro atoms. The first-order chi connectivity index (χ1) is 11.5. The Morgan fingerprint density at radius 3 is 2.83 bits per heavy atom. The molecule has 4 N–H and O–H groups in total. The highest BCUT2D eigenvalue weighted by atomic mass is 16.2. The molecule has 3 rings (SSSR count). The fourth-order valence-electron chi connectivity index (χ4n) is 2.97. The van der Waals surface area contributed by atoms with E-state index in [4.69, 9.17) is 5.73 Å². The summed E-state index contributed by atoms with van der Waals surface area (Å²) in [5, 5.41) is 10.5. The molecule has 2 amide bonds. The number of carbonyl (C=O) groups excluding carboxylic acids is 2. The van der Waals surface area contributed by atoms with Crippen molar-refractivity contribution < 1.29 is 9.59 Å². The second-order valence-corrected chi connectivity index (χ2v) is 6.09. The second-order valence-electron chi connectivity index (χ2n) is 6.09. The normalized spacial score (nSPS) is 20.5. The summed E-state index contributed by atoms with van der Waals surface area (Å²) in [5.74, 6) is -0.579. The van der Waals surface area contributed by atoms with Gasteiger partial charge in [-0.3, -0.25) is 9.59 Å². The summed E-state index contributed by atoms with van der Waals surface area (Å²) in [6, 6.07) is 9.25. The van der Waals surface area contributed by atoms with Crippen molar-refractivity contribution in [1.82, 2.24) is 15.1 Å². The number of piperidine rings is 1. The number of anilines is 1. The van der Waals surface area contributed by atoms with Crippen LogP contribution in [0.3, 0.4) is 0 Å².